The maximum atomic E-state index is 13.5. The number of aliphatic hydroxyl groups is 15. The Morgan fingerprint density at radius 2 is 0.950 bits per heavy atom. The number of carboxylic acids is 2. The second-order valence-electron chi connectivity index (χ2n) is 19.8. The largest absolute Gasteiger partial charge is 0.477 e. The number of rotatable bonds is 23. The van der Waals surface area contributed by atoms with Crippen LogP contribution in [0.3, 0.4) is 0 Å². The first-order chi connectivity index (χ1) is 37.4. The molecule has 5 aliphatic heterocycles. The number of ether oxygens (including phenoxy) is 9. The third-order valence-corrected chi connectivity index (χ3v) is 13.9. The third kappa shape index (κ3) is 14.8. The summed E-state index contributed by atoms with van der Waals surface area (Å²) in [5.74, 6) is -14.2. The molecule has 0 aromatic heterocycles. The van der Waals surface area contributed by atoms with Crippen molar-refractivity contribution in [2.45, 2.75) is 205 Å². The van der Waals surface area contributed by atoms with Crippen LogP contribution in [0, 0.1) is 0 Å². The minimum atomic E-state index is -3.39. The van der Waals surface area contributed by atoms with Crippen molar-refractivity contribution in [3.63, 3.8) is 0 Å². The van der Waals surface area contributed by atoms with E-state index in [1.807, 2.05) is 0 Å². The zero-order valence-corrected chi connectivity index (χ0v) is 43.1. The van der Waals surface area contributed by atoms with Crippen molar-refractivity contribution in [1.29, 1.82) is 0 Å². The normalized spacial score (nSPS) is 42.0. The monoisotopic (exact) mass is 1170 g/mol. The maximum Gasteiger partial charge on any atom is 0.364 e. The first kappa shape index (κ1) is 66.7. The van der Waals surface area contributed by atoms with E-state index in [-0.39, 0.29) is 0 Å². The molecule has 0 unspecified atom stereocenters. The topological polar surface area (TPSA) is 578 Å². The fourth-order valence-corrected chi connectivity index (χ4v) is 9.93. The zero-order valence-electron chi connectivity index (χ0n) is 43.1. The van der Waals surface area contributed by atoms with Gasteiger partial charge in [-0.3, -0.25) is 19.2 Å². The van der Waals surface area contributed by atoms with Gasteiger partial charge in [-0.15, -0.1) is 0 Å². The molecular formula is C44H72N4O32. The Hall–Kier alpha value is -4.14. The molecule has 27 atom stereocenters. The Kier molecular flexibility index (Phi) is 23.3. The smallest absolute Gasteiger partial charge is 0.364 e. The molecule has 0 radical (unpaired) electrons. The molecule has 5 fully saturated rings. The van der Waals surface area contributed by atoms with E-state index in [2.05, 4.69) is 21.3 Å². The van der Waals surface area contributed by atoms with Gasteiger partial charge in [0, 0.05) is 40.5 Å². The van der Waals surface area contributed by atoms with E-state index >= 15 is 0 Å². The first-order valence-electron chi connectivity index (χ1n) is 24.8. The summed E-state index contributed by atoms with van der Waals surface area (Å²) in [6, 6.07) is -7.17. The Labute approximate surface area is 452 Å². The average Bonchev–Trinajstić information content (AvgIpc) is 3.39. The van der Waals surface area contributed by atoms with Crippen LogP contribution >= 0.6 is 0 Å². The highest BCUT2D eigenvalue weighted by atomic mass is 16.8. The van der Waals surface area contributed by atoms with Gasteiger partial charge in [-0.25, -0.2) is 9.59 Å². The van der Waals surface area contributed by atoms with Crippen LogP contribution in [0.2, 0.25) is 0 Å². The molecule has 5 aliphatic rings. The van der Waals surface area contributed by atoms with Gasteiger partial charge in [0.25, 0.3) is 11.6 Å². The average molecular weight is 1170 g/mol. The highest BCUT2D eigenvalue weighted by molar-refractivity contribution is 5.77. The third-order valence-electron chi connectivity index (χ3n) is 13.9. The first-order valence-corrected chi connectivity index (χ1v) is 24.8. The number of amides is 4. The van der Waals surface area contributed by atoms with Gasteiger partial charge in [0.2, 0.25) is 23.6 Å². The summed E-state index contributed by atoms with van der Waals surface area (Å²) >= 11 is 0. The fourth-order valence-electron chi connectivity index (χ4n) is 9.93. The number of hydrogen-bond acceptors (Lipinski definition) is 30. The Morgan fingerprint density at radius 3 is 1.41 bits per heavy atom. The summed E-state index contributed by atoms with van der Waals surface area (Å²) in [6.45, 7) is -2.04. The molecule has 0 aromatic carbocycles. The highest BCUT2D eigenvalue weighted by Gasteiger charge is 2.62. The van der Waals surface area contributed by atoms with Crippen molar-refractivity contribution in [3.8, 4) is 0 Å². The quantitative estimate of drug-likeness (QED) is 0.0452. The van der Waals surface area contributed by atoms with Crippen molar-refractivity contribution < 1.29 is 158 Å². The van der Waals surface area contributed by atoms with E-state index in [1.165, 1.54) is 0 Å². The number of carbonyl (C=O) groups excluding carboxylic acids is 4. The second kappa shape index (κ2) is 28.0. The molecule has 5 saturated heterocycles. The lowest BCUT2D eigenvalue weighted by Gasteiger charge is -2.52. The van der Waals surface area contributed by atoms with Gasteiger partial charge in [0.15, 0.2) is 18.9 Å². The van der Waals surface area contributed by atoms with E-state index in [0.717, 1.165) is 27.7 Å². The van der Waals surface area contributed by atoms with Crippen molar-refractivity contribution in [3.05, 3.63) is 0 Å². The summed E-state index contributed by atoms with van der Waals surface area (Å²) in [6.07, 6.45) is -47.9. The van der Waals surface area contributed by atoms with Crippen molar-refractivity contribution in [1.82, 2.24) is 21.3 Å². The summed E-state index contributed by atoms with van der Waals surface area (Å²) in [7, 11) is 0. The number of nitrogens with one attached hydrogen (secondary N) is 4. The molecule has 0 spiro atoms. The van der Waals surface area contributed by atoms with Crippen LogP contribution in [0.1, 0.15) is 40.5 Å². The number of hydrogen-bond donors (Lipinski definition) is 21. The van der Waals surface area contributed by atoms with E-state index in [0.29, 0.717) is 0 Å². The number of aliphatic hydroxyl groups excluding tert-OH is 15. The number of aliphatic carboxylic acids is 2. The molecule has 21 N–H and O–H groups in total. The molecule has 460 valence electrons. The molecule has 36 nitrogen and oxygen atoms in total. The van der Waals surface area contributed by atoms with Gasteiger partial charge in [-0.2, -0.15) is 0 Å². The predicted molar refractivity (Wildman–Crippen MR) is 247 cm³/mol. The van der Waals surface area contributed by atoms with E-state index in [1.54, 1.807) is 0 Å². The SMILES string of the molecule is CC(=O)N[C@@H]1[C@@H](O[C@@H]2O[C@H](CO)[C@H](O[C@@H]3O[C@H](CO)[C@H](O)[C@H](O)[C@H]3NC(C)=O)[C@H](O[C@]3(C(=O)O)C[C@H](O)[C@@H](NC(C)=O)[C@H]([C@H](O)[C@H](O)CO)O3)[C@H]2O)[C@H](O)[C@@H](CO[C@]2(C(=O)O)C[C@H](O)[C@@H](NC(C)=O)[C@H]([C@H](O)[C@H](O)CO)O2)O[C@H]1O. The van der Waals surface area contributed by atoms with Crippen LogP contribution in [0.5, 0.6) is 0 Å². The molecule has 0 saturated carbocycles. The molecular weight excluding hydrogens is 1100 g/mol. The molecule has 0 bridgehead atoms. The van der Waals surface area contributed by atoms with E-state index in [4.69, 9.17) is 42.6 Å². The van der Waals surface area contributed by atoms with Crippen molar-refractivity contribution in [2.75, 3.05) is 33.0 Å². The van der Waals surface area contributed by atoms with Crippen LogP contribution in [0.25, 0.3) is 0 Å². The number of carbonyl (C=O) groups is 6. The highest BCUT2D eigenvalue weighted by Crippen LogP contribution is 2.41. The molecule has 0 aromatic rings. The van der Waals surface area contributed by atoms with Gasteiger partial charge >= 0.3 is 11.9 Å². The molecule has 0 aliphatic carbocycles. The predicted octanol–water partition coefficient (Wildman–Crippen LogP) is -12.9. The van der Waals surface area contributed by atoms with Crippen LogP contribution in [0.15, 0.2) is 0 Å². The van der Waals surface area contributed by atoms with Crippen LogP contribution in [-0.4, -0.2) is 320 Å². The van der Waals surface area contributed by atoms with Gasteiger partial charge in [-0.05, 0) is 0 Å². The van der Waals surface area contributed by atoms with Crippen LogP contribution in [0.4, 0.5) is 0 Å². The Balaban J connectivity index is 1.58. The van der Waals surface area contributed by atoms with Crippen molar-refractivity contribution in [2.24, 2.45) is 0 Å². The maximum absolute atomic E-state index is 13.5. The van der Waals surface area contributed by atoms with E-state index in [9.17, 15) is 116 Å². The van der Waals surface area contributed by atoms with Crippen LogP contribution in [-0.2, 0) is 71.4 Å². The fraction of sp³-hybridized carbons (Fsp3) is 0.864. The molecule has 5 heterocycles. The molecule has 80 heavy (non-hydrogen) atoms. The van der Waals surface area contributed by atoms with E-state index < -0.39 is 246 Å². The molecule has 5 rings (SSSR count). The summed E-state index contributed by atoms with van der Waals surface area (Å²) in [5, 5.41) is 193. The lowest BCUT2D eigenvalue weighted by Crippen LogP contribution is -2.72. The Morgan fingerprint density at radius 1 is 0.512 bits per heavy atom. The lowest BCUT2D eigenvalue weighted by molar-refractivity contribution is -0.397. The lowest BCUT2D eigenvalue weighted by atomic mass is 9.88. The summed E-state index contributed by atoms with van der Waals surface area (Å²) < 4.78 is 52.2. The number of carboxylic acid groups (broad SMARTS) is 2. The Bertz CT molecular complexity index is 2120. The van der Waals surface area contributed by atoms with Crippen LogP contribution < -0.4 is 21.3 Å². The minimum Gasteiger partial charge on any atom is -0.477 e. The standard InChI is InChI=1S/C44H72N4O32/c1-12(53)45-23-16(57)5-43(41(68)69,78-35(23)27(61)18(59)7-49)72-11-22-30(64)34(26(38(67)73-22)48-15(4)56)77-40-32(66)37(33(21(10-52)75-40)76-39-25(47-14(3)55)31(65)29(63)20(9-51)74-39)80-44(42(70)71)6-17(58)24(46-13(2)54)36(79-44)28(62)19(60)8-50/h16-40,49-52,57-67H,5-11H2,1-4H3,(H,45,53)(H,46,54)(H,47,55)(H,48,56)(H,68,69)(H,70,71)/t16-,17-,18+,19+,20+,21+,22+,23+,24+,25+,26+,27+,28+,29-,30+,31+,32+,33-,34+,35+,36+,37+,38+,39-,40-,43+,44-/m0/s1. The summed E-state index contributed by atoms with van der Waals surface area (Å²) in [4.78, 5) is 75.7. The summed E-state index contributed by atoms with van der Waals surface area (Å²) in [5.41, 5.74) is 0. The zero-order chi connectivity index (χ0) is 60.0. The van der Waals surface area contributed by atoms with Gasteiger partial charge in [0.1, 0.15) is 110 Å². The van der Waals surface area contributed by atoms with Gasteiger partial charge < -0.3 is 151 Å². The second-order valence-corrected chi connectivity index (χ2v) is 19.8. The molecule has 36 heteroatoms. The van der Waals surface area contributed by atoms with Gasteiger partial charge in [0.05, 0.1) is 57.3 Å². The molecule has 4 amide bonds. The van der Waals surface area contributed by atoms with Crippen molar-refractivity contribution >= 4 is 35.6 Å². The minimum absolute atomic E-state index is 0.823. The van der Waals surface area contributed by atoms with Gasteiger partial charge in [-0.1, -0.05) is 0 Å².